The van der Waals surface area contributed by atoms with Crippen LogP contribution in [-0.2, 0) is 10.2 Å². The van der Waals surface area contributed by atoms with Crippen molar-refractivity contribution in [1.82, 2.24) is 15.2 Å². The summed E-state index contributed by atoms with van der Waals surface area (Å²) in [5.74, 6) is 0.454. The summed E-state index contributed by atoms with van der Waals surface area (Å²) in [5, 5.41) is 15.9. The number of hydrogen-bond acceptors (Lipinski definition) is 7. The highest BCUT2D eigenvalue weighted by atomic mass is 32.1. The minimum Gasteiger partial charge on any atom is -0.408 e. The van der Waals surface area contributed by atoms with Gasteiger partial charge in [-0.1, -0.05) is 25.9 Å². The minimum atomic E-state index is -0.185. The lowest BCUT2D eigenvalue weighted by atomic mass is 9.97. The average molecular weight is 295 g/mol. The van der Waals surface area contributed by atoms with Gasteiger partial charge < -0.3 is 15.1 Å². The summed E-state index contributed by atoms with van der Waals surface area (Å²) < 4.78 is 5.46. The van der Waals surface area contributed by atoms with Crippen molar-refractivity contribution < 1.29 is 9.21 Å². The Morgan fingerprint density at radius 1 is 1.40 bits per heavy atom. The molecule has 8 heteroatoms. The maximum absolute atomic E-state index is 11.6. The first-order chi connectivity index (χ1) is 9.45. The van der Waals surface area contributed by atoms with Crippen LogP contribution in [0.1, 0.15) is 33.1 Å². The SMILES string of the molecule is CC(C)(C)c1nnc(NCCC(=O)Nc2nccs2)o1. The quantitative estimate of drug-likeness (QED) is 0.879. The Balaban J connectivity index is 1.75. The third-order valence-electron chi connectivity index (χ3n) is 2.37. The summed E-state index contributed by atoms with van der Waals surface area (Å²) in [6.07, 6.45) is 1.94. The molecule has 0 unspecified atom stereocenters. The Kier molecular flexibility index (Phi) is 4.33. The lowest BCUT2D eigenvalue weighted by molar-refractivity contribution is -0.115. The highest BCUT2D eigenvalue weighted by Crippen LogP contribution is 2.21. The maximum Gasteiger partial charge on any atom is 0.315 e. The van der Waals surface area contributed by atoms with Gasteiger partial charge in [-0.05, 0) is 0 Å². The van der Waals surface area contributed by atoms with Crippen molar-refractivity contribution in [1.29, 1.82) is 0 Å². The zero-order valence-corrected chi connectivity index (χ0v) is 12.5. The summed E-state index contributed by atoms with van der Waals surface area (Å²) in [4.78, 5) is 15.6. The molecule has 20 heavy (non-hydrogen) atoms. The monoisotopic (exact) mass is 295 g/mol. The van der Waals surface area contributed by atoms with E-state index in [1.54, 1.807) is 11.6 Å². The van der Waals surface area contributed by atoms with Gasteiger partial charge in [0.05, 0.1) is 0 Å². The number of nitrogens with one attached hydrogen (secondary N) is 2. The van der Waals surface area contributed by atoms with Crippen molar-refractivity contribution >= 4 is 28.4 Å². The number of hydrogen-bond donors (Lipinski definition) is 2. The van der Waals surface area contributed by atoms with Crippen molar-refractivity contribution in [2.45, 2.75) is 32.6 Å². The fourth-order valence-corrected chi connectivity index (χ4v) is 1.89. The molecule has 2 rings (SSSR count). The normalized spacial score (nSPS) is 11.3. The molecule has 108 valence electrons. The molecule has 0 spiro atoms. The van der Waals surface area contributed by atoms with E-state index < -0.39 is 0 Å². The summed E-state index contributed by atoms with van der Waals surface area (Å²) in [6.45, 7) is 6.40. The second kappa shape index (κ2) is 6.00. The molecule has 0 saturated carbocycles. The van der Waals surface area contributed by atoms with Gasteiger partial charge in [0.2, 0.25) is 11.8 Å². The van der Waals surface area contributed by atoms with Crippen molar-refractivity contribution in [2.75, 3.05) is 17.2 Å². The predicted octanol–water partition coefficient (Wildman–Crippen LogP) is 2.26. The van der Waals surface area contributed by atoms with Gasteiger partial charge in [0.15, 0.2) is 5.13 Å². The van der Waals surface area contributed by atoms with Gasteiger partial charge in [0.25, 0.3) is 0 Å². The molecule has 0 aliphatic rings. The summed E-state index contributed by atoms with van der Waals surface area (Å²) in [5.41, 5.74) is -0.185. The number of thiazole rings is 1. The highest BCUT2D eigenvalue weighted by Gasteiger charge is 2.21. The molecule has 1 amide bonds. The first kappa shape index (κ1) is 14.4. The van der Waals surface area contributed by atoms with E-state index in [1.807, 2.05) is 20.8 Å². The molecule has 7 nitrogen and oxygen atoms in total. The van der Waals surface area contributed by atoms with Gasteiger partial charge in [-0.15, -0.1) is 16.4 Å². The molecule has 0 bridgehead atoms. The van der Waals surface area contributed by atoms with Crippen LogP contribution in [0.3, 0.4) is 0 Å². The molecule has 2 heterocycles. The van der Waals surface area contributed by atoms with Gasteiger partial charge in [0.1, 0.15) is 0 Å². The van der Waals surface area contributed by atoms with Crippen LogP contribution in [0.25, 0.3) is 0 Å². The summed E-state index contributed by atoms with van der Waals surface area (Å²) in [7, 11) is 0. The Morgan fingerprint density at radius 2 is 2.20 bits per heavy atom. The van der Waals surface area contributed by atoms with Crippen molar-refractivity contribution in [3.8, 4) is 0 Å². The molecule has 0 aliphatic heterocycles. The van der Waals surface area contributed by atoms with Gasteiger partial charge in [-0.25, -0.2) is 4.98 Å². The number of anilines is 2. The minimum absolute atomic E-state index is 0.108. The lowest BCUT2D eigenvalue weighted by Crippen LogP contribution is -2.16. The Morgan fingerprint density at radius 3 is 2.80 bits per heavy atom. The van der Waals surface area contributed by atoms with Crippen LogP contribution in [-0.4, -0.2) is 27.6 Å². The standard InChI is InChI=1S/C12H17N5O2S/c1-12(2,3)9-16-17-10(19-9)13-5-4-8(18)15-11-14-6-7-20-11/h6-7H,4-5H2,1-3H3,(H,13,17)(H,14,15,18). The number of amides is 1. The molecule has 0 saturated heterocycles. The van der Waals surface area contributed by atoms with E-state index in [9.17, 15) is 4.79 Å². The Hall–Kier alpha value is -1.96. The van der Waals surface area contributed by atoms with E-state index in [2.05, 4.69) is 25.8 Å². The first-order valence-electron chi connectivity index (χ1n) is 6.22. The third-order valence-corrected chi connectivity index (χ3v) is 3.06. The van der Waals surface area contributed by atoms with Crippen LogP contribution < -0.4 is 10.6 Å². The van der Waals surface area contributed by atoms with E-state index in [0.29, 0.717) is 30.0 Å². The van der Waals surface area contributed by atoms with Crippen LogP contribution in [0.15, 0.2) is 16.0 Å². The van der Waals surface area contributed by atoms with Gasteiger partial charge >= 0.3 is 6.01 Å². The molecule has 2 N–H and O–H groups in total. The van der Waals surface area contributed by atoms with E-state index >= 15 is 0 Å². The van der Waals surface area contributed by atoms with Crippen LogP contribution >= 0.6 is 11.3 Å². The van der Waals surface area contributed by atoms with E-state index in [-0.39, 0.29) is 11.3 Å². The van der Waals surface area contributed by atoms with Crippen LogP contribution in [0.2, 0.25) is 0 Å². The smallest absolute Gasteiger partial charge is 0.315 e. The van der Waals surface area contributed by atoms with Gasteiger partial charge in [-0.3, -0.25) is 4.79 Å². The van der Waals surface area contributed by atoms with Crippen LogP contribution in [0.5, 0.6) is 0 Å². The zero-order chi connectivity index (χ0) is 14.6. The predicted molar refractivity (Wildman–Crippen MR) is 76.8 cm³/mol. The molecule has 2 aromatic rings. The molecule has 0 radical (unpaired) electrons. The second-order valence-electron chi connectivity index (χ2n) is 5.22. The average Bonchev–Trinajstić information content (AvgIpc) is 2.98. The highest BCUT2D eigenvalue weighted by molar-refractivity contribution is 7.13. The molecule has 0 aromatic carbocycles. The molecular formula is C12H17N5O2S. The molecule has 2 aromatic heterocycles. The fourth-order valence-electron chi connectivity index (χ4n) is 1.35. The van der Waals surface area contributed by atoms with E-state index in [4.69, 9.17) is 4.42 Å². The van der Waals surface area contributed by atoms with Gasteiger partial charge in [0, 0.05) is 30.0 Å². The third kappa shape index (κ3) is 4.02. The second-order valence-corrected chi connectivity index (χ2v) is 6.12. The zero-order valence-electron chi connectivity index (χ0n) is 11.6. The van der Waals surface area contributed by atoms with Crippen LogP contribution in [0, 0.1) is 0 Å². The molecule has 0 atom stereocenters. The summed E-state index contributed by atoms with van der Waals surface area (Å²) >= 11 is 1.38. The largest absolute Gasteiger partial charge is 0.408 e. The number of carbonyl (C=O) groups is 1. The number of nitrogens with zero attached hydrogens (tertiary/aromatic N) is 3. The lowest BCUT2D eigenvalue weighted by Gasteiger charge is -2.10. The molecule has 0 fully saturated rings. The van der Waals surface area contributed by atoms with Crippen molar-refractivity contribution in [3.05, 3.63) is 17.5 Å². The number of aromatic nitrogens is 3. The van der Waals surface area contributed by atoms with Crippen LogP contribution in [0.4, 0.5) is 11.1 Å². The molecular weight excluding hydrogens is 278 g/mol. The first-order valence-corrected chi connectivity index (χ1v) is 7.10. The maximum atomic E-state index is 11.6. The number of rotatable bonds is 5. The van der Waals surface area contributed by atoms with Crippen molar-refractivity contribution in [3.63, 3.8) is 0 Å². The van der Waals surface area contributed by atoms with E-state index in [1.165, 1.54) is 11.3 Å². The Labute approximate surface area is 120 Å². The Bertz CT molecular complexity index is 559. The fraction of sp³-hybridized carbons (Fsp3) is 0.500. The summed E-state index contributed by atoms with van der Waals surface area (Å²) in [6, 6.07) is 0.331. The topological polar surface area (TPSA) is 92.9 Å². The number of carbonyl (C=O) groups excluding carboxylic acids is 1. The van der Waals surface area contributed by atoms with Crippen molar-refractivity contribution in [2.24, 2.45) is 0 Å². The molecule has 0 aliphatic carbocycles. The van der Waals surface area contributed by atoms with Gasteiger partial charge in [-0.2, -0.15) is 0 Å². The van der Waals surface area contributed by atoms with E-state index in [0.717, 1.165) is 0 Å².